The summed E-state index contributed by atoms with van der Waals surface area (Å²) < 4.78 is 13.4. The minimum Gasteiger partial charge on any atom is -0.392 e. The van der Waals surface area contributed by atoms with Crippen LogP contribution in [-0.4, -0.2) is 28.4 Å². The molecular formula is C13H14ClFN2OS. The van der Waals surface area contributed by atoms with Crippen molar-refractivity contribution < 1.29 is 9.18 Å². The van der Waals surface area contributed by atoms with Gasteiger partial charge in [0.15, 0.2) is 0 Å². The van der Waals surface area contributed by atoms with E-state index in [9.17, 15) is 9.18 Å². The number of hydrogen-bond acceptors (Lipinski definition) is 2. The largest absolute Gasteiger partial charge is 0.392 e. The monoisotopic (exact) mass is 300 g/mol. The summed E-state index contributed by atoms with van der Waals surface area (Å²) in [4.78, 5) is 14.3. The third-order valence-corrected chi connectivity index (χ3v) is 3.93. The number of likely N-dealkylation sites (tertiary alicyclic amines) is 1. The molecule has 0 saturated carbocycles. The van der Waals surface area contributed by atoms with Crippen LogP contribution in [0.2, 0.25) is 5.02 Å². The highest BCUT2D eigenvalue weighted by Crippen LogP contribution is 2.25. The smallest absolute Gasteiger partial charge is 0.256 e. The van der Waals surface area contributed by atoms with Gasteiger partial charge in [0.25, 0.3) is 5.91 Å². The van der Waals surface area contributed by atoms with Crippen molar-refractivity contribution >= 4 is 34.7 Å². The van der Waals surface area contributed by atoms with Gasteiger partial charge in [0.05, 0.1) is 21.6 Å². The van der Waals surface area contributed by atoms with Gasteiger partial charge in [0.2, 0.25) is 0 Å². The Labute approximate surface area is 121 Å². The lowest BCUT2D eigenvalue weighted by Gasteiger charge is -2.35. The van der Waals surface area contributed by atoms with Crippen LogP contribution in [0.4, 0.5) is 4.39 Å². The maximum atomic E-state index is 13.4. The van der Waals surface area contributed by atoms with E-state index in [0.717, 1.165) is 19.3 Å². The minimum absolute atomic E-state index is 0.153. The number of halogens is 2. The van der Waals surface area contributed by atoms with E-state index in [1.807, 2.05) is 0 Å². The number of nitrogens with two attached hydrogens (primary N) is 1. The normalized spacial score (nSPS) is 19.3. The number of rotatable bonds is 2. The fraction of sp³-hybridized carbons (Fsp3) is 0.385. The lowest BCUT2D eigenvalue weighted by molar-refractivity contribution is 0.0681. The van der Waals surface area contributed by atoms with Crippen molar-refractivity contribution in [3.8, 4) is 0 Å². The van der Waals surface area contributed by atoms with Gasteiger partial charge in [-0.1, -0.05) is 29.9 Å². The Morgan fingerprint density at radius 1 is 1.47 bits per heavy atom. The number of carbonyl (C=O) groups is 1. The summed E-state index contributed by atoms with van der Waals surface area (Å²) >= 11 is 10.8. The first-order chi connectivity index (χ1) is 9.02. The summed E-state index contributed by atoms with van der Waals surface area (Å²) in [6.07, 6.45) is 2.61. The summed E-state index contributed by atoms with van der Waals surface area (Å²) in [5.74, 6) is -0.918. The summed E-state index contributed by atoms with van der Waals surface area (Å²) in [5.41, 5.74) is 5.83. The zero-order valence-electron chi connectivity index (χ0n) is 10.2. The van der Waals surface area contributed by atoms with Gasteiger partial charge in [0.1, 0.15) is 5.82 Å². The number of nitrogens with zero attached hydrogens (tertiary/aromatic N) is 1. The highest BCUT2D eigenvalue weighted by molar-refractivity contribution is 7.80. The molecule has 0 spiro atoms. The average Bonchev–Trinajstić information content (AvgIpc) is 2.41. The second-order valence-corrected chi connectivity index (χ2v) is 5.36. The maximum Gasteiger partial charge on any atom is 0.256 e. The molecule has 1 unspecified atom stereocenters. The molecule has 1 amide bonds. The van der Waals surface area contributed by atoms with E-state index in [4.69, 9.17) is 29.6 Å². The standard InChI is InChI=1S/C13H14ClFN2OS/c14-11-8(4-3-5-9(11)15)13(18)17-7-2-1-6-10(17)12(16)19/h3-5,10H,1-2,6-7H2,(H2,16,19). The van der Waals surface area contributed by atoms with Gasteiger partial charge >= 0.3 is 0 Å². The van der Waals surface area contributed by atoms with Gasteiger partial charge in [-0.25, -0.2) is 4.39 Å². The Bertz CT molecular complexity index is 523. The first kappa shape index (κ1) is 14.2. The van der Waals surface area contributed by atoms with E-state index in [1.165, 1.54) is 18.2 Å². The fourth-order valence-electron chi connectivity index (χ4n) is 2.29. The molecule has 1 aliphatic heterocycles. The van der Waals surface area contributed by atoms with Crippen LogP contribution >= 0.6 is 23.8 Å². The molecule has 1 aromatic rings. The summed E-state index contributed by atoms with van der Waals surface area (Å²) in [6.45, 7) is 0.563. The van der Waals surface area contributed by atoms with Crippen LogP contribution in [0, 0.1) is 5.82 Å². The highest BCUT2D eigenvalue weighted by Gasteiger charge is 2.30. The molecule has 1 aliphatic rings. The van der Waals surface area contributed by atoms with E-state index in [2.05, 4.69) is 0 Å². The highest BCUT2D eigenvalue weighted by atomic mass is 35.5. The molecule has 102 valence electrons. The minimum atomic E-state index is -0.601. The lowest BCUT2D eigenvalue weighted by Crippen LogP contribution is -2.49. The van der Waals surface area contributed by atoms with E-state index < -0.39 is 5.82 Å². The molecule has 2 rings (SSSR count). The van der Waals surface area contributed by atoms with Gasteiger partial charge in [-0.05, 0) is 31.4 Å². The Balaban J connectivity index is 2.31. The Morgan fingerprint density at radius 2 is 2.21 bits per heavy atom. The zero-order chi connectivity index (χ0) is 14.0. The van der Waals surface area contributed by atoms with Gasteiger partial charge in [-0.15, -0.1) is 0 Å². The molecule has 3 nitrogen and oxygen atoms in total. The van der Waals surface area contributed by atoms with Crippen molar-refractivity contribution in [2.24, 2.45) is 5.73 Å². The third kappa shape index (κ3) is 2.87. The predicted octanol–water partition coefficient (Wildman–Crippen LogP) is 2.76. The van der Waals surface area contributed by atoms with Crippen molar-refractivity contribution in [2.75, 3.05) is 6.54 Å². The summed E-state index contributed by atoms with van der Waals surface area (Å²) in [5, 5.41) is -0.153. The molecule has 2 N–H and O–H groups in total. The van der Waals surface area contributed by atoms with E-state index in [0.29, 0.717) is 11.5 Å². The van der Waals surface area contributed by atoms with Crippen molar-refractivity contribution in [3.63, 3.8) is 0 Å². The molecule has 0 bridgehead atoms. The number of carbonyl (C=O) groups excluding carboxylic acids is 1. The molecule has 0 radical (unpaired) electrons. The maximum absolute atomic E-state index is 13.4. The van der Waals surface area contributed by atoms with Crippen LogP contribution in [0.15, 0.2) is 18.2 Å². The lowest BCUT2D eigenvalue weighted by atomic mass is 10.0. The molecule has 0 aromatic heterocycles. The van der Waals surface area contributed by atoms with Crippen molar-refractivity contribution in [3.05, 3.63) is 34.6 Å². The van der Waals surface area contributed by atoms with Crippen molar-refractivity contribution in [2.45, 2.75) is 25.3 Å². The van der Waals surface area contributed by atoms with Crippen LogP contribution in [0.3, 0.4) is 0 Å². The molecule has 1 atom stereocenters. The van der Waals surface area contributed by atoms with Crippen LogP contribution in [0.25, 0.3) is 0 Å². The summed E-state index contributed by atoms with van der Waals surface area (Å²) in [7, 11) is 0. The first-order valence-electron chi connectivity index (χ1n) is 6.06. The van der Waals surface area contributed by atoms with Crippen LogP contribution < -0.4 is 5.73 Å². The molecule has 1 saturated heterocycles. The predicted molar refractivity (Wildman–Crippen MR) is 76.9 cm³/mol. The third-order valence-electron chi connectivity index (χ3n) is 3.27. The Hall–Kier alpha value is -1.20. The van der Waals surface area contributed by atoms with Crippen LogP contribution in [0.5, 0.6) is 0 Å². The average molecular weight is 301 g/mol. The quantitative estimate of drug-likeness (QED) is 0.854. The van der Waals surface area contributed by atoms with E-state index >= 15 is 0 Å². The van der Waals surface area contributed by atoms with Gasteiger partial charge in [-0.3, -0.25) is 4.79 Å². The Morgan fingerprint density at radius 3 is 2.89 bits per heavy atom. The molecule has 1 aromatic carbocycles. The number of hydrogen-bond donors (Lipinski definition) is 1. The Kier molecular flexibility index (Phi) is 4.37. The second kappa shape index (κ2) is 5.84. The van der Waals surface area contributed by atoms with Gasteiger partial charge in [-0.2, -0.15) is 0 Å². The number of piperidine rings is 1. The molecule has 19 heavy (non-hydrogen) atoms. The zero-order valence-corrected chi connectivity index (χ0v) is 11.8. The fourth-order valence-corrected chi connectivity index (χ4v) is 2.75. The van der Waals surface area contributed by atoms with Gasteiger partial charge < -0.3 is 10.6 Å². The van der Waals surface area contributed by atoms with E-state index in [-0.39, 0.29) is 22.5 Å². The van der Waals surface area contributed by atoms with Crippen LogP contribution in [-0.2, 0) is 0 Å². The van der Waals surface area contributed by atoms with E-state index in [1.54, 1.807) is 4.90 Å². The second-order valence-electron chi connectivity index (χ2n) is 4.51. The van der Waals surface area contributed by atoms with Crippen molar-refractivity contribution in [1.82, 2.24) is 4.90 Å². The number of benzene rings is 1. The van der Waals surface area contributed by atoms with Crippen LogP contribution in [0.1, 0.15) is 29.6 Å². The van der Waals surface area contributed by atoms with Crippen molar-refractivity contribution in [1.29, 1.82) is 0 Å². The first-order valence-corrected chi connectivity index (χ1v) is 6.85. The molecule has 6 heteroatoms. The molecule has 0 aliphatic carbocycles. The molecule has 1 heterocycles. The SMILES string of the molecule is NC(=S)C1CCCCN1C(=O)c1cccc(F)c1Cl. The molecule has 1 fully saturated rings. The number of thiocarbonyl (C=S) groups is 1. The topological polar surface area (TPSA) is 46.3 Å². The number of amides is 1. The summed E-state index contributed by atoms with van der Waals surface area (Å²) in [6, 6.07) is 3.93. The molecular weight excluding hydrogens is 287 g/mol. The van der Waals surface area contributed by atoms with Gasteiger partial charge in [0, 0.05) is 6.54 Å².